The molecule has 1 N–H and O–H groups in total. The van der Waals surface area contributed by atoms with Crippen molar-refractivity contribution in [2.24, 2.45) is 0 Å². The summed E-state index contributed by atoms with van der Waals surface area (Å²) >= 11 is 0. The highest BCUT2D eigenvalue weighted by Crippen LogP contribution is 2.32. The van der Waals surface area contributed by atoms with E-state index in [0.29, 0.717) is 0 Å². The molecule has 6 nitrogen and oxygen atoms in total. The maximum atomic E-state index is 4.73. The van der Waals surface area contributed by atoms with Crippen molar-refractivity contribution in [1.29, 1.82) is 0 Å². The summed E-state index contributed by atoms with van der Waals surface area (Å²) in [6.45, 7) is 6.72. The molecule has 4 aromatic rings. The van der Waals surface area contributed by atoms with Gasteiger partial charge in [0.1, 0.15) is 0 Å². The molecule has 3 aromatic heterocycles. The Morgan fingerprint density at radius 2 is 2.04 bits per heavy atom. The Hall–Kier alpha value is -2.99. The van der Waals surface area contributed by atoms with Crippen LogP contribution >= 0.6 is 0 Å². The van der Waals surface area contributed by atoms with Gasteiger partial charge in [-0.1, -0.05) is 30.3 Å². The van der Waals surface area contributed by atoms with Gasteiger partial charge < -0.3 is 4.98 Å². The standard InChI is InChI=1S/C21H22N6/c1-14-8-15(2)27-21(25-14)17(9-24-27)10-26-11-18(16-6-4-3-5-7-16)20-19(12-26)22-13-23-20/h3-9,13,18H,10-12H2,1-2H3,(H,22,23). The summed E-state index contributed by atoms with van der Waals surface area (Å²) in [4.78, 5) is 15.1. The van der Waals surface area contributed by atoms with Gasteiger partial charge in [0, 0.05) is 42.5 Å². The molecule has 0 radical (unpaired) electrons. The molecule has 1 aliphatic rings. The summed E-state index contributed by atoms with van der Waals surface area (Å²) in [5.74, 6) is 0.277. The van der Waals surface area contributed by atoms with Crippen LogP contribution in [-0.4, -0.2) is 36.0 Å². The van der Waals surface area contributed by atoms with Crippen LogP contribution < -0.4 is 0 Å². The first kappa shape index (κ1) is 16.2. The highest BCUT2D eigenvalue weighted by molar-refractivity contribution is 5.48. The lowest BCUT2D eigenvalue weighted by molar-refractivity contribution is 0.228. The van der Waals surface area contributed by atoms with Crippen LogP contribution in [0.25, 0.3) is 5.65 Å². The van der Waals surface area contributed by atoms with Crippen LogP contribution in [-0.2, 0) is 13.1 Å². The van der Waals surface area contributed by atoms with Crippen LogP contribution in [0.5, 0.6) is 0 Å². The smallest absolute Gasteiger partial charge is 0.159 e. The average Bonchev–Trinajstić information content (AvgIpc) is 3.29. The van der Waals surface area contributed by atoms with E-state index in [1.807, 2.05) is 24.0 Å². The van der Waals surface area contributed by atoms with Crippen LogP contribution in [0.2, 0.25) is 0 Å². The highest BCUT2D eigenvalue weighted by atomic mass is 15.3. The summed E-state index contributed by atoms with van der Waals surface area (Å²) in [6, 6.07) is 12.7. The van der Waals surface area contributed by atoms with Crippen LogP contribution in [0.3, 0.4) is 0 Å². The van der Waals surface area contributed by atoms with E-state index in [4.69, 9.17) is 4.98 Å². The Labute approximate surface area is 157 Å². The maximum Gasteiger partial charge on any atom is 0.159 e. The molecule has 1 aromatic carbocycles. The van der Waals surface area contributed by atoms with E-state index in [0.717, 1.165) is 42.2 Å². The average molecular weight is 358 g/mol. The Morgan fingerprint density at radius 1 is 1.19 bits per heavy atom. The van der Waals surface area contributed by atoms with Crippen molar-refractivity contribution in [3.63, 3.8) is 0 Å². The Balaban J connectivity index is 1.49. The van der Waals surface area contributed by atoms with E-state index < -0.39 is 0 Å². The second-order valence-electron chi connectivity index (χ2n) is 7.34. The van der Waals surface area contributed by atoms with Crippen molar-refractivity contribution in [3.05, 3.63) is 82.8 Å². The predicted octanol–water partition coefficient (Wildman–Crippen LogP) is 3.22. The van der Waals surface area contributed by atoms with Gasteiger partial charge >= 0.3 is 0 Å². The zero-order valence-corrected chi connectivity index (χ0v) is 15.6. The number of fused-ring (bicyclic) bond motifs is 2. The van der Waals surface area contributed by atoms with Gasteiger partial charge in [-0.25, -0.2) is 14.5 Å². The second kappa shape index (κ2) is 6.32. The summed E-state index contributed by atoms with van der Waals surface area (Å²) in [6.07, 6.45) is 3.77. The van der Waals surface area contributed by atoms with Gasteiger partial charge in [-0.15, -0.1) is 0 Å². The van der Waals surface area contributed by atoms with Crippen LogP contribution in [0.1, 0.15) is 39.8 Å². The zero-order chi connectivity index (χ0) is 18.4. The number of aromatic amines is 1. The third-order valence-electron chi connectivity index (χ3n) is 5.35. The first-order chi connectivity index (χ1) is 13.2. The molecule has 1 atom stereocenters. The lowest BCUT2D eigenvalue weighted by atomic mass is 9.91. The number of nitrogens with zero attached hydrogens (tertiary/aromatic N) is 5. The van der Waals surface area contributed by atoms with Crippen molar-refractivity contribution in [2.75, 3.05) is 6.54 Å². The number of imidazole rings is 1. The third kappa shape index (κ3) is 2.82. The normalized spacial score (nSPS) is 17.3. The van der Waals surface area contributed by atoms with E-state index in [2.05, 4.69) is 63.3 Å². The molecule has 1 aliphatic heterocycles. The minimum atomic E-state index is 0.277. The maximum absolute atomic E-state index is 4.73. The first-order valence-electron chi connectivity index (χ1n) is 9.29. The van der Waals surface area contributed by atoms with Crippen molar-refractivity contribution in [1.82, 2.24) is 29.5 Å². The summed E-state index contributed by atoms with van der Waals surface area (Å²) in [5, 5.41) is 4.54. The predicted molar refractivity (Wildman–Crippen MR) is 103 cm³/mol. The summed E-state index contributed by atoms with van der Waals surface area (Å²) < 4.78 is 1.93. The lowest BCUT2D eigenvalue weighted by Gasteiger charge is -2.32. The second-order valence-corrected chi connectivity index (χ2v) is 7.34. The lowest BCUT2D eigenvalue weighted by Crippen LogP contribution is -2.33. The van der Waals surface area contributed by atoms with Gasteiger partial charge in [-0.2, -0.15) is 5.10 Å². The minimum Gasteiger partial charge on any atom is -0.347 e. The number of hydrogen-bond donors (Lipinski definition) is 1. The number of aromatic nitrogens is 5. The molecule has 136 valence electrons. The molecule has 4 heterocycles. The molecule has 0 saturated carbocycles. The minimum absolute atomic E-state index is 0.277. The van der Waals surface area contributed by atoms with Crippen LogP contribution in [0.15, 0.2) is 48.9 Å². The fourth-order valence-corrected chi connectivity index (χ4v) is 4.13. The molecule has 0 fully saturated rings. The van der Waals surface area contributed by atoms with Crippen LogP contribution in [0.4, 0.5) is 0 Å². The van der Waals surface area contributed by atoms with Crippen molar-refractivity contribution in [3.8, 4) is 0 Å². The molecule has 0 amide bonds. The van der Waals surface area contributed by atoms with Gasteiger partial charge in [0.15, 0.2) is 5.65 Å². The molecular weight excluding hydrogens is 336 g/mol. The monoisotopic (exact) mass is 358 g/mol. The van der Waals surface area contributed by atoms with E-state index in [1.165, 1.54) is 17.0 Å². The molecule has 0 bridgehead atoms. The molecule has 6 heteroatoms. The number of rotatable bonds is 3. The molecule has 0 saturated heterocycles. The van der Waals surface area contributed by atoms with Gasteiger partial charge in [-0.05, 0) is 25.5 Å². The van der Waals surface area contributed by atoms with E-state index in [1.54, 1.807) is 0 Å². The van der Waals surface area contributed by atoms with Crippen molar-refractivity contribution >= 4 is 5.65 Å². The fraction of sp³-hybridized carbons (Fsp3) is 0.286. The Morgan fingerprint density at radius 3 is 2.89 bits per heavy atom. The first-order valence-corrected chi connectivity index (χ1v) is 9.29. The largest absolute Gasteiger partial charge is 0.347 e. The summed E-state index contributed by atoms with van der Waals surface area (Å²) in [7, 11) is 0. The van der Waals surface area contributed by atoms with Crippen molar-refractivity contribution < 1.29 is 0 Å². The number of hydrogen-bond acceptors (Lipinski definition) is 4. The van der Waals surface area contributed by atoms with Gasteiger partial charge in [-0.3, -0.25) is 4.90 Å². The van der Waals surface area contributed by atoms with Crippen LogP contribution in [0, 0.1) is 13.8 Å². The van der Waals surface area contributed by atoms with Gasteiger partial charge in [0.25, 0.3) is 0 Å². The number of benzene rings is 1. The zero-order valence-electron chi connectivity index (χ0n) is 15.6. The molecular formula is C21H22N6. The number of aryl methyl sites for hydroxylation is 2. The third-order valence-corrected chi connectivity index (χ3v) is 5.35. The van der Waals surface area contributed by atoms with E-state index in [-0.39, 0.29) is 5.92 Å². The SMILES string of the molecule is Cc1cc(C)n2ncc(CN3Cc4[nH]cnc4C(c4ccccc4)C3)c2n1. The number of H-pyrrole nitrogens is 1. The van der Waals surface area contributed by atoms with Gasteiger partial charge in [0.05, 0.1) is 23.9 Å². The topological polar surface area (TPSA) is 62.1 Å². The Kier molecular flexibility index (Phi) is 3.79. The quantitative estimate of drug-likeness (QED) is 0.611. The highest BCUT2D eigenvalue weighted by Gasteiger charge is 2.29. The molecule has 27 heavy (non-hydrogen) atoms. The molecule has 5 rings (SSSR count). The fourth-order valence-electron chi connectivity index (χ4n) is 4.13. The van der Waals surface area contributed by atoms with Crippen molar-refractivity contribution in [2.45, 2.75) is 32.9 Å². The van der Waals surface area contributed by atoms with Gasteiger partial charge in [0.2, 0.25) is 0 Å². The molecule has 0 spiro atoms. The number of nitrogens with one attached hydrogen (secondary N) is 1. The molecule has 0 aliphatic carbocycles. The van der Waals surface area contributed by atoms with E-state index >= 15 is 0 Å². The Bertz CT molecular complexity index is 1090. The molecule has 1 unspecified atom stereocenters. The summed E-state index contributed by atoms with van der Waals surface area (Å²) in [5.41, 5.74) is 7.93. The van der Waals surface area contributed by atoms with E-state index in [9.17, 15) is 0 Å².